The third-order valence-electron chi connectivity index (χ3n) is 5.86. The van der Waals surface area contributed by atoms with Gasteiger partial charge in [-0.2, -0.15) is 0 Å². The highest BCUT2D eigenvalue weighted by molar-refractivity contribution is 6.07. The average molecular weight is 510 g/mol. The van der Waals surface area contributed by atoms with Crippen LogP contribution in [-0.2, 0) is 22.6 Å². The highest BCUT2D eigenvalue weighted by Gasteiger charge is 2.25. The lowest BCUT2D eigenvalue weighted by Crippen LogP contribution is -2.31. The number of ether oxygens (including phenoxy) is 3. The van der Waals surface area contributed by atoms with Gasteiger partial charge in [0.25, 0.3) is 5.91 Å². The summed E-state index contributed by atoms with van der Waals surface area (Å²) < 4.78 is 15.6. The molecule has 0 atom stereocenters. The molecule has 0 bridgehead atoms. The molecule has 0 spiro atoms. The fraction of sp³-hybridized carbons (Fsp3) is 0.129. The molecule has 0 radical (unpaired) electrons. The molecular formula is C31H27NO6. The van der Waals surface area contributed by atoms with Crippen molar-refractivity contribution in [3.8, 4) is 11.5 Å². The largest absolute Gasteiger partial charge is 0.465 e. The number of rotatable bonds is 9. The van der Waals surface area contributed by atoms with E-state index in [4.69, 9.17) is 14.2 Å². The molecule has 0 aliphatic carbocycles. The minimum absolute atomic E-state index is 0.0553. The third-order valence-corrected chi connectivity index (χ3v) is 5.86. The van der Waals surface area contributed by atoms with Gasteiger partial charge in [0.15, 0.2) is 0 Å². The Hall–Kier alpha value is -4.91. The first-order chi connectivity index (χ1) is 18.5. The molecule has 4 aromatic rings. The van der Waals surface area contributed by atoms with Crippen LogP contribution in [0.1, 0.15) is 42.2 Å². The van der Waals surface area contributed by atoms with Gasteiger partial charge in [0.05, 0.1) is 30.9 Å². The van der Waals surface area contributed by atoms with Crippen molar-refractivity contribution in [1.29, 1.82) is 0 Å². The highest BCUT2D eigenvalue weighted by atomic mass is 16.5. The molecule has 0 aliphatic rings. The Bertz CT molecular complexity index is 1400. The molecule has 192 valence electrons. The van der Waals surface area contributed by atoms with Gasteiger partial charge in [-0.05, 0) is 53.6 Å². The van der Waals surface area contributed by atoms with Crippen molar-refractivity contribution in [3.63, 3.8) is 0 Å². The standard InChI is InChI=1S/C31H27NO6/c1-36-30(34)24-15-18-27(31(35)37-2)28(19-24)29(33)32(20-22-9-5-3-6-10-22)21-23-13-16-26(17-14-23)38-25-11-7-4-8-12-25/h3-19H,20-21H2,1-2H3. The molecule has 38 heavy (non-hydrogen) atoms. The summed E-state index contributed by atoms with van der Waals surface area (Å²) in [5, 5.41) is 0. The molecule has 0 fully saturated rings. The van der Waals surface area contributed by atoms with Gasteiger partial charge in [0.2, 0.25) is 0 Å². The van der Waals surface area contributed by atoms with Crippen molar-refractivity contribution in [2.45, 2.75) is 13.1 Å². The zero-order valence-corrected chi connectivity index (χ0v) is 21.1. The Kier molecular flexibility index (Phi) is 8.51. The number of carbonyl (C=O) groups is 3. The monoisotopic (exact) mass is 509 g/mol. The molecule has 1 amide bonds. The van der Waals surface area contributed by atoms with Crippen LogP contribution < -0.4 is 4.74 Å². The van der Waals surface area contributed by atoms with E-state index < -0.39 is 17.8 Å². The third kappa shape index (κ3) is 6.44. The van der Waals surface area contributed by atoms with E-state index in [9.17, 15) is 14.4 Å². The molecule has 0 heterocycles. The second kappa shape index (κ2) is 12.4. The minimum Gasteiger partial charge on any atom is -0.465 e. The average Bonchev–Trinajstić information content (AvgIpc) is 2.97. The van der Waals surface area contributed by atoms with Gasteiger partial charge in [-0.3, -0.25) is 4.79 Å². The van der Waals surface area contributed by atoms with Crippen molar-refractivity contribution < 1.29 is 28.6 Å². The van der Waals surface area contributed by atoms with Crippen molar-refractivity contribution in [1.82, 2.24) is 4.90 Å². The van der Waals surface area contributed by atoms with Crippen molar-refractivity contribution in [2.24, 2.45) is 0 Å². The topological polar surface area (TPSA) is 82.1 Å². The van der Waals surface area contributed by atoms with Gasteiger partial charge in [0, 0.05) is 13.1 Å². The summed E-state index contributed by atoms with van der Waals surface area (Å²) in [5.74, 6) is -0.322. The number of hydrogen-bond acceptors (Lipinski definition) is 6. The van der Waals surface area contributed by atoms with Crippen LogP contribution in [0.3, 0.4) is 0 Å². The van der Waals surface area contributed by atoms with Crippen LogP contribution in [-0.4, -0.2) is 37.0 Å². The molecule has 7 nitrogen and oxygen atoms in total. The lowest BCUT2D eigenvalue weighted by Gasteiger charge is -2.24. The summed E-state index contributed by atoms with van der Waals surface area (Å²) in [6.07, 6.45) is 0. The van der Waals surface area contributed by atoms with E-state index in [0.29, 0.717) is 5.75 Å². The normalized spacial score (nSPS) is 10.4. The van der Waals surface area contributed by atoms with Crippen molar-refractivity contribution >= 4 is 17.8 Å². The zero-order chi connectivity index (χ0) is 26.9. The fourth-order valence-electron chi connectivity index (χ4n) is 3.94. The van der Waals surface area contributed by atoms with E-state index >= 15 is 0 Å². The Balaban J connectivity index is 1.65. The molecule has 0 saturated carbocycles. The lowest BCUT2D eigenvalue weighted by atomic mass is 10.0. The molecule has 4 aromatic carbocycles. The predicted molar refractivity (Wildman–Crippen MR) is 142 cm³/mol. The Morgan fingerprint density at radius 2 is 1.16 bits per heavy atom. The fourth-order valence-corrected chi connectivity index (χ4v) is 3.94. The number of hydrogen-bond donors (Lipinski definition) is 0. The predicted octanol–water partition coefficient (Wildman–Crippen LogP) is 5.89. The molecule has 4 rings (SSSR count). The summed E-state index contributed by atoms with van der Waals surface area (Å²) in [6, 6.07) is 30.6. The summed E-state index contributed by atoms with van der Waals surface area (Å²) >= 11 is 0. The highest BCUT2D eigenvalue weighted by Crippen LogP contribution is 2.24. The first-order valence-electron chi connectivity index (χ1n) is 11.9. The number of methoxy groups -OCH3 is 2. The molecule has 0 N–H and O–H groups in total. The van der Waals surface area contributed by atoms with Crippen LogP contribution in [0.4, 0.5) is 0 Å². The summed E-state index contributed by atoms with van der Waals surface area (Å²) in [7, 11) is 2.50. The maximum Gasteiger partial charge on any atom is 0.338 e. The zero-order valence-electron chi connectivity index (χ0n) is 21.1. The molecule has 0 aliphatic heterocycles. The van der Waals surface area contributed by atoms with Crippen LogP contribution in [0.25, 0.3) is 0 Å². The number of para-hydroxylation sites is 1. The van der Waals surface area contributed by atoms with Crippen LogP contribution in [0, 0.1) is 0 Å². The lowest BCUT2D eigenvalue weighted by molar-refractivity contribution is 0.0579. The van der Waals surface area contributed by atoms with Gasteiger partial charge < -0.3 is 19.1 Å². The van der Waals surface area contributed by atoms with Gasteiger partial charge in [-0.1, -0.05) is 60.7 Å². The van der Waals surface area contributed by atoms with Crippen LogP contribution >= 0.6 is 0 Å². The van der Waals surface area contributed by atoms with E-state index in [0.717, 1.165) is 16.9 Å². The van der Waals surface area contributed by atoms with Crippen LogP contribution in [0.15, 0.2) is 103 Å². The van der Waals surface area contributed by atoms with E-state index in [1.165, 1.54) is 32.4 Å². The van der Waals surface area contributed by atoms with Crippen LogP contribution in [0.2, 0.25) is 0 Å². The Morgan fingerprint density at radius 1 is 0.605 bits per heavy atom. The van der Waals surface area contributed by atoms with E-state index in [1.54, 1.807) is 4.90 Å². The Morgan fingerprint density at radius 3 is 1.76 bits per heavy atom. The molecule has 7 heteroatoms. The van der Waals surface area contributed by atoms with Crippen LogP contribution in [0.5, 0.6) is 11.5 Å². The number of esters is 2. The molecule has 0 unspecified atom stereocenters. The first kappa shape index (κ1) is 26.2. The SMILES string of the molecule is COC(=O)c1ccc(C(=O)OC)c(C(=O)N(Cc2ccccc2)Cc2ccc(Oc3ccccc3)cc2)c1. The van der Waals surface area contributed by atoms with Gasteiger partial charge in [-0.15, -0.1) is 0 Å². The number of carbonyl (C=O) groups excluding carboxylic acids is 3. The summed E-state index contributed by atoms with van der Waals surface area (Å²) in [4.78, 5) is 40.2. The molecular weight excluding hydrogens is 482 g/mol. The molecule has 0 saturated heterocycles. The van der Waals surface area contributed by atoms with E-state index in [1.807, 2.05) is 84.9 Å². The maximum atomic E-state index is 13.9. The smallest absolute Gasteiger partial charge is 0.338 e. The summed E-state index contributed by atoms with van der Waals surface area (Å²) in [5.41, 5.74) is 2.05. The van der Waals surface area contributed by atoms with E-state index in [-0.39, 0.29) is 29.8 Å². The van der Waals surface area contributed by atoms with Crippen molar-refractivity contribution in [2.75, 3.05) is 14.2 Å². The Labute approximate surface area is 221 Å². The number of amides is 1. The first-order valence-corrected chi connectivity index (χ1v) is 11.9. The van der Waals surface area contributed by atoms with Crippen molar-refractivity contribution in [3.05, 3.63) is 131 Å². The summed E-state index contributed by atoms with van der Waals surface area (Å²) in [6.45, 7) is 0.535. The van der Waals surface area contributed by atoms with Gasteiger partial charge in [-0.25, -0.2) is 9.59 Å². The second-order valence-electron chi connectivity index (χ2n) is 8.45. The quantitative estimate of drug-likeness (QED) is 0.262. The number of benzene rings is 4. The minimum atomic E-state index is -0.674. The molecule has 0 aromatic heterocycles. The van der Waals surface area contributed by atoms with Gasteiger partial charge in [0.1, 0.15) is 11.5 Å². The van der Waals surface area contributed by atoms with E-state index in [2.05, 4.69) is 0 Å². The second-order valence-corrected chi connectivity index (χ2v) is 8.45. The van der Waals surface area contributed by atoms with Gasteiger partial charge >= 0.3 is 11.9 Å². The number of nitrogens with zero attached hydrogens (tertiary/aromatic N) is 1. The maximum absolute atomic E-state index is 13.9.